The van der Waals surface area contributed by atoms with E-state index in [2.05, 4.69) is 10.3 Å². The van der Waals surface area contributed by atoms with Crippen LogP contribution in [0.15, 0.2) is 18.3 Å². The first-order valence-electron chi connectivity index (χ1n) is 8.15. The molecule has 0 spiro atoms. The molecular weight excluding hydrogens is 278 g/mol. The second kappa shape index (κ2) is 8.13. The third kappa shape index (κ3) is 4.98. The van der Waals surface area contributed by atoms with E-state index < -0.39 is 0 Å². The molecule has 2 N–H and O–H groups in total. The Morgan fingerprint density at radius 2 is 2.18 bits per heavy atom. The first kappa shape index (κ1) is 16.7. The molecule has 1 fully saturated rings. The van der Waals surface area contributed by atoms with Gasteiger partial charge in [-0.2, -0.15) is 0 Å². The lowest BCUT2D eigenvalue weighted by molar-refractivity contribution is 0.0565. The van der Waals surface area contributed by atoms with Crippen molar-refractivity contribution >= 4 is 6.03 Å². The Morgan fingerprint density at radius 3 is 2.86 bits per heavy atom. The second-order valence-electron chi connectivity index (χ2n) is 6.28. The van der Waals surface area contributed by atoms with Gasteiger partial charge in [0.1, 0.15) is 0 Å². The number of pyridine rings is 1. The molecule has 2 amide bonds. The predicted molar refractivity (Wildman–Crippen MR) is 86.7 cm³/mol. The number of hydrogen-bond acceptors (Lipinski definition) is 3. The van der Waals surface area contributed by atoms with Crippen molar-refractivity contribution in [1.82, 2.24) is 15.2 Å². The minimum atomic E-state index is -0.261. The van der Waals surface area contributed by atoms with Crippen molar-refractivity contribution in [3.8, 4) is 0 Å². The van der Waals surface area contributed by atoms with Gasteiger partial charge < -0.3 is 15.3 Å². The van der Waals surface area contributed by atoms with Gasteiger partial charge in [0.2, 0.25) is 0 Å². The van der Waals surface area contributed by atoms with Crippen molar-refractivity contribution in [3.63, 3.8) is 0 Å². The third-order valence-electron chi connectivity index (χ3n) is 4.39. The summed E-state index contributed by atoms with van der Waals surface area (Å²) in [6.45, 7) is 3.18. The highest BCUT2D eigenvalue weighted by molar-refractivity contribution is 5.73. The third-order valence-corrected chi connectivity index (χ3v) is 4.39. The molecule has 5 nitrogen and oxygen atoms in total. The van der Waals surface area contributed by atoms with E-state index in [1.165, 1.54) is 0 Å². The van der Waals surface area contributed by atoms with Gasteiger partial charge in [-0.15, -0.1) is 0 Å². The van der Waals surface area contributed by atoms with Crippen LogP contribution in [0.5, 0.6) is 0 Å². The molecule has 0 unspecified atom stereocenters. The van der Waals surface area contributed by atoms with E-state index in [0.29, 0.717) is 13.1 Å². The number of carbonyl (C=O) groups is 1. The molecule has 0 aromatic carbocycles. The normalized spacial score (nSPS) is 21.4. The summed E-state index contributed by atoms with van der Waals surface area (Å²) in [4.78, 5) is 18.0. The number of carbonyl (C=O) groups excluding carboxylic acids is 1. The number of nitrogens with zero attached hydrogens (tertiary/aromatic N) is 2. The maximum absolute atomic E-state index is 12.1. The van der Waals surface area contributed by atoms with Gasteiger partial charge >= 0.3 is 6.03 Å². The molecule has 2 atom stereocenters. The second-order valence-corrected chi connectivity index (χ2v) is 6.28. The van der Waals surface area contributed by atoms with Crippen molar-refractivity contribution in [3.05, 3.63) is 29.6 Å². The van der Waals surface area contributed by atoms with E-state index in [4.69, 9.17) is 0 Å². The fraction of sp³-hybridized carbons (Fsp3) is 0.647. The van der Waals surface area contributed by atoms with E-state index in [0.717, 1.165) is 43.4 Å². The highest BCUT2D eigenvalue weighted by Gasteiger charge is 2.25. The Morgan fingerprint density at radius 1 is 1.41 bits per heavy atom. The van der Waals surface area contributed by atoms with Gasteiger partial charge in [-0.05, 0) is 37.8 Å². The van der Waals surface area contributed by atoms with Crippen LogP contribution in [-0.2, 0) is 6.42 Å². The average molecular weight is 305 g/mol. The van der Waals surface area contributed by atoms with Gasteiger partial charge in [0.15, 0.2) is 0 Å². The minimum Gasteiger partial charge on any atom is -0.393 e. The molecular formula is C17H27N3O2. The number of aryl methyl sites for hydroxylation is 1. The Hall–Kier alpha value is -1.62. The molecule has 1 aliphatic carbocycles. The number of urea groups is 1. The summed E-state index contributed by atoms with van der Waals surface area (Å²) in [5.41, 5.74) is 2.12. The monoisotopic (exact) mass is 305 g/mol. The van der Waals surface area contributed by atoms with Gasteiger partial charge in [0.05, 0.1) is 6.10 Å². The summed E-state index contributed by atoms with van der Waals surface area (Å²) in [5.74, 6) is 0.214. The summed E-state index contributed by atoms with van der Waals surface area (Å²) in [5, 5.41) is 12.9. The van der Waals surface area contributed by atoms with Gasteiger partial charge in [-0.1, -0.05) is 18.9 Å². The van der Waals surface area contributed by atoms with Crippen LogP contribution in [0.4, 0.5) is 4.79 Å². The zero-order chi connectivity index (χ0) is 15.9. The highest BCUT2D eigenvalue weighted by atomic mass is 16.3. The van der Waals surface area contributed by atoms with Crippen LogP contribution in [-0.4, -0.2) is 47.3 Å². The lowest BCUT2D eigenvalue weighted by Crippen LogP contribution is -2.43. The Labute approximate surface area is 132 Å². The molecule has 1 aromatic rings. The lowest BCUT2D eigenvalue weighted by atomic mass is 9.86. The smallest absolute Gasteiger partial charge is 0.317 e. The Kier molecular flexibility index (Phi) is 6.19. The number of aliphatic hydroxyl groups is 1. The Balaban J connectivity index is 1.70. The summed E-state index contributed by atoms with van der Waals surface area (Å²) >= 11 is 0. The quantitative estimate of drug-likeness (QED) is 0.876. The Bertz CT molecular complexity index is 475. The van der Waals surface area contributed by atoms with Crippen LogP contribution in [0.25, 0.3) is 0 Å². The van der Waals surface area contributed by atoms with Crippen molar-refractivity contribution in [1.29, 1.82) is 0 Å². The van der Waals surface area contributed by atoms with Crippen molar-refractivity contribution in [2.75, 3.05) is 20.1 Å². The summed E-state index contributed by atoms with van der Waals surface area (Å²) in [7, 11) is 1.80. The average Bonchev–Trinajstić information content (AvgIpc) is 2.51. The number of amides is 2. The van der Waals surface area contributed by atoms with Crippen LogP contribution >= 0.6 is 0 Å². The van der Waals surface area contributed by atoms with E-state index in [9.17, 15) is 9.90 Å². The molecule has 0 aliphatic heterocycles. The molecule has 0 bridgehead atoms. The largest absolute Gasteiger partial charge is 0.393 e. The van der Waals surface area contributed by atoms with Crippen LogP contribution in [0.3, 0.4) is 0 Å². The standard InChI is InChI=1S/C17H27N3O2/c1-13-7-8-14(11-19-13)9-10-18-17(22)20(2)12-15-5-3-4-6-16(15)21/h7-8,11,15-16,21H,3-6,9-10,12H2,1-2H3,(H,18,22)/t15-,16+/m0/s1. The topological polar surface area (TPSA) is 65.5 Å². The number of hydrogen-bond donors (Lipinski definition) is 2. The van der Waals surface area contributed by atoms with Gasteiger partial charge in [0, 0.05) is 37.9 Å². The molecule has 1 aliphatic rings. The number of aromatic nitrogens is 1. The maximum atomic E-state index is 12.1. The van der Waals surface area contributed by atoms with Crippen molar-refractivity contribution in [2.24, 2.45) is 5.92 Å². The van der Waals surface area contributed by atoms with Crippen molar-refractivity contribution < 1.29 is 9.90 Å². The molecule has 1 aromatic heterocycles. The maximum Gasteiger partial charge on any atom is 0.317 e. The minimum absolute atomic E-state index is 0.0714. The van der Waals surface area contributed by atoms with Crippen LogP contribution < -0.4 is 5.32 Å². The summed E-state index contributed by atoms with van der Waals surface area (Å²) in [6.07, 6.45) is 6.48. The van der Waals surface area contributed by atoms with E-state index in [-0.39, 0.29) is 18.1 Å². The molecule has 0 saturated heterocycles. The molecule has 1 heterocycles. The first-order chi connectivity index (χ1) is 10.6. The fourth-order valence-corrected chi connectivity index (χ4v) is 2.93. The van der Waals surface area contributed by atoms with Crippen LogP contribution in [0.1, 0.15) is 36.9 Å². The molecule has 1 saturated carbocycles. The van der Waals surface area contributed by atoms with Crippen LogP contribution in [0, 0.1) is 12.8 Å². The highest BCUT2D eigenvalue weighted by Crippen LogP contribution is 2.24. The van der Waals surface area contributed by atoms with E-state index >= 15 is 0 Å². The number of rotatable bonds is 5. The van der Waals surface area contributed by atoms with E-state index in [1.54, 1.807) is 11.9 Å². The van der Waals surface area contributed by atoms with Crippen molar-refractivity contribution in [2.45, 2.75) is 45.1 Å². The molecule has 2 rings (SSSR count). The molecule has 22 heavy (non-hydrogen) atoms. The summed E-state index contributed by atoms with van der Waals surface area (Å²) in [6, 6.07) is 3.95. The SMILES string of the molecule is Cc1ccc(CCNC(=O)N(C)C[C@@H]2CCCC[C@H]2O)cn1. The zero-order valence-electron chi connectivity index (χ0n) is 13.6. The number of aliphatic hydroxyl groups excluding tert-OH is 1. The van der Waals surface area contributed by atoms with Gasteiger partial charge in [-0.25, -0.2) is 4.79 Å². The number of nitrogens with one attached hydrogen (secondary N) is 1. The molecule has 0 radical (unpaired) electrons. The predicted octanol–water partition coefficient (Wildman–Crippen LogP) is 2.13. The summed E-state index contributed by atoms with van der Waals surface area (Å²) < 4.78 is 0. The fourth-order valence-electron chi connectivity index (χ4n) is 2.93. The zero-order valence-corrected chi connectivity index (χ0v) is 13.6. The lowest BCUT2D eigenvalue weighted by Gasteiger charge is -2.31. The van der Waals surface area contributed by atoms with Gasteiger partial charge in [0.25, 0.3) is 0 Å². The van der Waals surface area contributed by atoms with Gasteiger partial charge in [-0.3, -0.25) is 4.98 Å². The van der Waals surface area contributed by atoms with E-state index in [1.807, 2.05) is 25.3 Å². The molecule has 122 valence electrons. The first-order valence-corrected chi connectivity index (χ1v) is 8.15. The van der Waals surface area contributed by atoms with Crippen LogP contribution in [0.2, 0.25) is 0 Å². The molecule has 5 heteroatoms.